The van der Waals surface area contributed by atoms with Crippen LogP contribution in [-0.4, -0.2) is 23.8 Å². The molecule has 0 aromatic rings. The van der Waals surface area contributed by atoms with Gasteiger partial charge < -0.3 is 10.4 Å². The number of carboxylic acids is 1. The van der Waals surface area contributed by atoms with Crippen molar-refractivity contribution in [1.82, 2.24) is 5.32 Å². The van der Waals surface area contributed by atoms with Crippen LogP contribution in [0.15, 0.2) is 12.2 Å². The lowest BCUT2D eigenvalue weighted by Gasteiger charge is -1.91. The van der Waals surface area contributed by atoms with E-state index >= 15 is 0 Å². The van der Waals surface area contributed by atoms with Crippen molar-refractivity contribution in [3.8, 4) is 0 Å². The van der Waals surface area contributed by atoms with Gasteiger partial charge in [0.25, 0.3) is 0 Å². The molecule has 0 saturated heterocycles. The zero-order valence-corrected chi connectivity index (χ0v) is 6.42. The zero-order valence-electron chi connectivity index (χ0n) is 6.42. The van der Waals surface area contributed by atoms with Gasteiger partial charge in [0, 0.05) is 13.0 Å². The third-order valence-corrected chi connectivity index (χ3v) is 1.05. The monoisotopic (exact) mass is 175 g/mol. The van der Waals surface area contributed by atoms with E-state index in [1.54, 1.807) is 6.08 Å². The summed E-state index contributed by atoms with van der Waals surface area (Å²) in [5.41, 5.74) is 0. The summed E-state index contributed by atoms with van der Waals surface area (Å²) in [6.45, 7) is 0.0922. The van der Waals surface area contributed by atoms with Crippen molar-refractivity contribution in [3.63, 3.8) is 0 Å². The van der Waals surface area contributed by atoms with Crippen LogP contribution in [0.1, 0.15) is 12.8 Å². The average Bonchev–Trinajstić information content (AvgIpc) is 1.95. The second-order valence-corrected chi connectivity index (χ2v) is 2.06. The lowest BCUT2D eigenvalue weighted by Crippen LogP contribution is -2.16. The molecule has 0 spiro atoms. The first-order chi connectivity index (χ1) is 5.63. The molecule has 0 aromatic heterocycles. The number of hydrogen-bond acceptors (Lipinski definition) is 2. The number of carbonyl (C=O) groups excluding carboxylic acids is 1. The number of allylic oxidation sites excluding steroid dienone is 1. The number of nitrogens with one attached hydrogen (secondary N) is 1. The fourth-order valence-corrected chi connectivity index (χ4v) is 0.547. The lowest BCUT2D eigenvalue weighted by molar-refractivity contribution is -0.136. The molecule has 0 heterocycles. The topological polar surface area (TPSA) is 66.4 Å². The fraction of sp³-hybridized carbons (Fsp3) is 0.429. The van der Waals surface area contributed by atoms with Gasteiger partial charge in [-0.15, -0.1) is 4.39 Å². The van der Waals surface area contributed by atoms with Gasteiger partial charge in [0.1, 0.15) is 0 Å². The molecule has 0 unspecified atom stereocenters. The van der Waals surface area contributed by atoms with Crippen LogP contribution in [0.4, 0.5) is 9.18 Å². The van der Waals surface area contributed by atoms with E-state index in [1.807, 2.05) is 5.32 Å². The van der Waals surface area contributed by atoms with Gasteiger partial charge >= 0.3 is 12.1 Å². The van der Waals surface area contributed by atoms with Crippen LogP contribution in [0.25, 0.3) is 0 Å². The molecule has 0 aliphatic carbocycles. The van der Waals surface area contributed by atoms with E-state index in [0.29, 0.717) is 6.42 Å². The maximum absolute atomic E-state index is 11.5. The maximum atomic E-state index is 11.5. The maximum Gasteiger partial charge on any atom is 0.397 e. The molecule has 68 valence electrons. The van der Waals surface area contributed by atoms with Crippen molar-refractivity contribution in [3.05, 3.63) is 12.2 Å². The molecule has 1 amide bonds. The number of carbonyl (C=O) groups is 2. The van der Waals surface area contributed by atoms with Crippen LogP contribution in [0.5, 0.6) is 0 Å². The Bertz CT molecular complexity index is 171. The van der Waals surface area contributed by atoms with Crippen LogP contribution in [0.2, 0.25) is 0 Å². The summed E-state index contributed by atoms with van der Waals surface area (Å²) in [6, 6.07) is 0. The predicted molar refractivity (Wildman–Crippen MR) is 40.5 cm³/mol. The summed E-state index contributed by atoms with van der Waals surface area (Å²) in [6.07, 6.45) is 1.92. The van der Waals surface area contributed by atoms with Crippen molar-refractivity contribution >= 4 is 12.1 Å². The smallest absolute Gasteiger partial charge is 0.397 e. The molecule has 0 saturated carbocycles. The normalized spacial score (nSPS) is 10.1. The molecule has 5 heteroatoms. The predicted octanol–water partition coefficient (Wildman–Crippen LogP) is 1.09. The molecule has 0 aromatic carbocycles. The Balaban J connectivity index is 3.26. The van der Waals surface area contributed by atoms with Gasteiger partial charge in [-0.2, -0.15) is 0 Å². The second kappa shape index (κ2) is 6.33. The van der Waals surface area contributed by atoms with E-state index in [2.05, 4.69) is 0 Å². The minimum absolute atomic E-state index is 0.0417. The Labute approximate surface area is 69.1 Å². The summed E-state index contributed by atoms with van der Waals surface area (Å²) in [7, 11) is 0. The summed E-state index contributed by atoms with van der Waals surface area (Å²) in [4.78, 5) is 19.7. The number of hydrogen-bond donors (Lipinski definition) is 2. The van der Waals surface area contributed by atoms with Crippen molar-refractivity contribution in [2.45, 2.75) is 12.8 Å². The summed E-state index contributed by atoms with van der Waals surface area (Å²) >= 11 is 0. The van der Waals surface area contributed by atoms with Gasteiger partial charge in [-0.1, -0.05) is 12.2 Å². The van der Waals surface area contributed by atoms with Gasteiger partial charge in [-0.05, 0) is 6.42 Å². The minimum Gasteiger partial charge on any atom is -0.481 e. The van der Waals surface area contributed by atoms with E-state index in [9.17, 15) is 14.0 Å². The standard InChI is InChI=1S/C7H10FNO3/c8-7(12)9-5-3-1-2-4-6(10)11/h1,3H,2,4-5H2,(H,9,12)(H,10,11)/b3-1-. The van der Waals surface area contributed by atoms with Crippen molar-refractivity contribution in [2.75, 3.05) is 6.54 Å². The molecule has 0 fully saturated rings. The van der Waals surface area contributed by atoms with E-state index in [-0.39, 0.29) is 13.0 Å². The quantitative estimate of drug-likeness (QED) is 0.373. The first-order valence-electron chi connectivity index (χ1n) is 3.43. The van der Waals surface area contributed by atoms with Crippen LogP contribution in [-0.2, 0) is 4.79 Å². The Morgan fingerprint density at radius 3 is 2.58 bits per heavy atom. The van der Waals surface area contributed by atoms with Crippen LogP contribution >= 0.6 is 0 Å². The summed E-state index contributed by atoms with van der Waals surface area (Å²) in [5, 5.41) is 10.1. The molecule has 2 N–H and O–H groups in total. The third-order valence-electron chi connectivity index (χ3n) is 1.05. The molecule has 12 heavy (non-hydrogen) atoms. The van der Waals surface area contributed by atoms with E-state index < -0.39 is 12.1 Å². The number of aliphatic carboxylic acids is 1. The van der Waals surface area contributed by atoms with E-state index in [4.69, 9.17) is 5.11 Å². The van der Waals surface area contributed by atoms with Crippen LogP contribution < -0.4 is 5.32 Å². The molecule has 0 aliphatic rings. The fourth-order valence-electron chi connectivity index (χ4n) is 0.547. The highest BCUT2D eigenvalue weighted by atomic mass is 19.1. The Hall–Kier alpha value is -1.39. The van der Waals surface area contributed by atoms with Crippen molar-refractivity contribution < 1.29 is 19.1 Å². The molecule has 4 nitrogen and oxygen atoms in total. The van der Waals surface area contributed by atoms with Gasteiger partial charge in [0.2, 0.25) is 0 Å². The number of amides is 1. The van der Waals surface area contributed by atoms with Crippen LogP contribution in [0.3, 0.4) is 0 Å². The van der Waals surface area contributed by atoms with Crippen molar-refractivity contribution in [1.29, 1.82) is 0 Å². The number of carboxylic acid groups (broad SMARTS) is 1. The molecular formula is C7H10FNO3. The highest BCUT2D eigenvalue weighted by Gasteiger charge is 1.92. The Morgan fingerprint density at radius 1 is 1.42 bits per heavy atom. The van der Waals surface area contributed by atoms with Gasteiger partial charge in [-0.25, -0.2) is 4.79 Å². The second-order valence-electron chi connectivity index (χ2n) is 2.06. The minimum atomic E-state index is -1.59. The highest BCUT2D eigenvalue weighted by molar-refractivity contribution is 5.67. The molecule has 0 aliphatic heterocycles. The van der Waals surface area contributed by atoms with Crippen molar-refractivity contribution in [2.24, 2.45) is 0 Å². The number of rotatable bonds is 5. The van der Waals surface area contributed by atoms with E-state index in [1.165, 1.54) is 6.08 Å². The van der Waals surface area contributed by atoms with Gasteiger partial charge in [0.15, 0.2) is 0 Å². The first kappa shape index (κ1) is 10.6. The SMILES string of the molecule is O=C(O)CC/C=C\CNC(=O)F. The molecule has 0 rings (SSSR count). The summed E-state index contributed by atoms with van der Waals surface area (Å²) < 4.78 is 11.5. The largest absolute Gasteiger partial charge is 0.481 e. The van der Waals surface area contributed by atoms with Crippen LogP contribution in [0, 0.1) is 0 Å². The van der Waals surface area contributed by atoms with Gasteiger partial charge in [0.05, 0.1) is 0 Å². The molecule has 0 bridgehead atoms. The number of halogens is 1. The lowest BCUT2D eigenvalue weighted by atomic mass is 10.3. The molecular weight excluding hydrogens is 165 g/mol. The third kappa shape index (κ3) is 8.61. The molecule has 0 radical (unpaired) electrons. The Kier molecular flexibility index (Phi) is 5.60. The Morgan fingerprint density at radius 2 is 2.08 bits per heavy atom. The van der Waals surface area contributed by atoms with Gasteiger partial charge in [-0.3, -0.25) is 4.79 Å². The highest BCUT2D eigenvalue weighted by Crippen LogP contribution is 1.89. The first-order valence-corrected chi connectivity index (χ1v) is 3.43. The zero-order chi connectivity index (χ0) is 9.40. The summed E-state index contributed by atoms with van der Waals surface area (Å²) in [5.74, 6) is -0.880. The molecule has 0 atom stereocenters. The average molecular weight is 175 g/mol. The van der Waals surface area contributed by atoms with E-state index in [0.717, 1.165) is 0 Å².